The number of halogens is 4. The first-order valence-electron chi connectivity index (χ1n) is 8.40. The first-order chi connectivity index (χ1) is 12.0. The summed E-state index contributed by atoms with van der Waals surface area (Å²) in [5, 5.41) is 8.90. The van der Waals surface area contributed by atoms with Crippen molar-refractivity contribution in [2.75, 3.05) is 38.1 Å². The number of alkyl halides is 3. The van der Waals surface area contributed by atoms with Gasteiger partial charge in [0.2, 0.25) is 0 Å². The zero-order valence-corrected chi connectivity index (χ0v) is 16.9. The van der Waals surface area contributed by atoms with E-state index in [-0.39, 0.29) is 42.4 Å². The van der Waals surface area contributed by atoms with E-state index in [9.17, 15) is 13.2 Å². The number of aromatic nitrogens is 1. The third kappa shape index (κ3) is 7.52. The van der Waals surface area contributed by atoms with Crippen molar-refractivity contribution in [3.05, 3.63) is 23.9 Å². The van der Waals surface area contributed by atoms with Crippen LogP contribution in [-0.4, -0.2) is 49.8 Å². The Morgan fingerprint density at radius 3 is 2.81 bits per heavy atom. The van der Waals surface area contributed by atoms with Crippen molar-refractivity contribution < 1.29 is 17.9 Å². The van der Waals surface area contributed by atoms with E-state index in [4.69, 9.17) is 4.74 Å². The van der Waals surface area contributed by atoms with Crippen molar-refractivity contribution in [1.82, 2.24) is 15.6 Å². The summed E-state index contributed by atoms with van der Waals surface area (Å²) in [5.74, 6) is 0.454. The van der Waals surface area contributed by atoms with Gasteiger partial charge in [-0.05, 0) is 31.9 Å². The average molecular weight is 487 g/mol. The van der Waals surface area contributed by atoms with Crippen LogP contribution in [0.15, 0.2) is 23.3 Å². The second kappa shape index (κ2) is 11.4. The van der Waals surface area contributed by atoms with Gasteiger partial charge in [-0.2, -0.15) is 13.2 Å². The molecule has 1 atom stereocenters. The second-order valence-corrected chi connectivity index (χ2v) is 5.61. The van der Waals surface area contributed by atoms with Crippen LogP contribution < -0.4 is 16.0 Å². The number of rotatable bonds is 7. The van der Waals surface area contributed by atoms with Crippen LogP contribution in [0.3, 0.4) is 0 Å². The lowest BCUT2D eigenvalue weighted by Gasteiger charge is -2.15. The maximum Gasteiger partial charge on any atom is 0.419 e. The van der Waals surface area contributed by atoms with Crippen molar-refractivity contribution in [1.29, 1.82) is 0 Å². The lowest BCUT2D eigenvalue weighted by molar-refractivity contribution is -0.137. The van der Waals surface area contributed by atoms with Crippen molar-refractivity contribution in [2.45, 2.75) is 32.0 Å². The van der Waals surface area contributed by atoms with E-state index in [0.717, 1.165) is 25.5 Å². The van der Waals surface area contributed by atoms with Crippen LogP contribution in [0.4, 0.5) is 19.0 Å². The van der Waals surface area contributed by atoms with Gasteiger partial charge in [0.1, 0.15) is 5.82 Å². The molecule has 1 saturated heterocycles. The minimum absolute atomic E-state index is 0. The molecule has 6 nitrogen and oxygen atoms in total. The van der Waals surface area contributed by atoms with Gasteiger partial charge >= 0.3 is 6.18 Å². The van der Waals surface area contributed by atoms with E-state index in [2.05, 4.69) is 25.9 Å². The maximum absolute atomic E-state index is 12.9. The van der Waals surface area contributed by atoms with Crippen LogP contribution in [0.25, 0.3) is 0 Å². The molecule has 1 aromatic heterocycles. The minimum Gasteiger partial charge on any atom is -0.376 e. The Morgan fingerprint density at radius 1 is 1.35 bits per heavy atom. The largest absolute Gasteiger partial charge is 0.419 e. The van der Waals surface area contributed by atoms with Crippen molar-refractivity contribution in [2.24, 2.45) is 4.99 Å². The van der Waals surface area contributed by atoms with Crippen LogP contribution in [0.5, 0.6) is 0 Å². The Hall–Kier alpha value is -1.30. The molecule has 1 unspecified atom stereocenters. The number of nitrogens with zero attached hydrogens (tertiary/aromatic N) is 2. The van der Waals surface area contributed by atoms with Crippen LogP contribution in [0, 0.1) is 0 Å². The smallest absolute Gasteiger partial charge is 0.376 e. The summed E-state index contributed by atoms with van der Waals surface area (Å²) in [7, 11) is 0. The molecule has 1 fully saturated rings. The van der Waals surface area contributed by atoms with E-state index >= 15 is 0 Å². The quantitative estimate of drug-likeness (QED) is 0.239. The SMILES string of the molecule is CCNC(=NCC1CCCO1)NCCNc1ncccc1C(F)(F)F.I. The Bertz CT molecular complexity index is 565. The van der Waals surface area contributed by atoms with Gasteiger partial charge in [0.15, 0.2) is 5.96 Å². The zero-order valence-electron chi connectivity index (χ0n) is 14.6. The molecule has 3 N–H and O–H groups in total. The number of pyridine rings is 1. The molecule has 0 spiro atoms. The van der Waals surface area contributed by atoms with E-state index < -0.39 is 11.7 Å². The number of aliphatic imine (C=N–C) groups is 1. The summed E-state index contributed by atoms with van der Waals surface area (Å²) in [5.41, 5.74) is -0.769. The van der Waals surface area contributed by atoms with Gasteiger partial charge in [-0.3, -0.25) is 4.99 Å². The molecule has 2 rings (SSSR count). The van der Waals surface area contributed by atoms with E-state index in [0.29, 0.717) is 25.6 Å². The minimum atomic E-state index is -4.43. The third-order valence-electron chi connectivity index (χ3n) is 3.64. The van der Waals surface area contributed by atoms with Crippen molar-refractivity contribution in [3.63, 3.8) is 0 Å². The predicted octanol–water partition coefficient (Wildman–Crippen LogP) is 2.86. The Labute approximate surface area is 168 Å². The number of hydrogen-bond donors (Lipinski definition) is 3. The van der Waals surface area contributed by atoms with Crippen molar-refractivity contribution in [3.8, 4) is 0 Å². The fraction of sp³-hybridized carbons (Fsp3) is 0.625. The molecule has 10 heteroatoms. The van der Waals surface area contributed by atoms with Gasteiger partial charge in [-0.25, -0.2) is 4.98 Å². The summed E-state index contributed by atoms with van der Waals surface area (Å²) in [6.07, 6.45) is -0.888. The molecule has 2 heterocycles. The molecule has 1 aliphatic heterocycles. The number of hydrogen-bond acceptors (Lipinski definition) is 4. The molecule has 148 valence electrons. The van der Waals surface area contributed by atoms with Gasteiger partial charge < -0.3 is 20.7 Å². The van der Waals surface area contributed by atoms with Gasteiger partial charge in [-0.1, -0.05) is 0 Å². The average Bonchev–Trinajstić information content (AvgIpc) is 3.09. The highest BCUT2D eigenvalue weighted by Gasteiger charge is 2.33. The van der Waals surface area contributed by atoms with Gasteiger partial charge in [0.25, 0.3) is 0 Å². The molecule has 0 saturated carbocycles. The van der Waals surface area contributed by atoms with Gasteiger partial charge in [-0.15, -0.1) is 24.0 Å². The fourth-order valence-electron chi connectivity index (χ4n) is 2.46. The molecular weight excluding hydrogens is 462 g/mol. The second-order valence-electron chi connectivity index (χ2n) is 5.61. The summed E-state index contributed by atoms with van der Waals surface area (Å²) < 4.78 is 44.2. The van der Waals surface area contributed by atoms with E-state index in [1.165, 1.54) is 12.3 Å². The molecule has 1 aromatic rings. The molecular formula is C16H25F3IN5O. The summed E-state index contributed by atoms with van der Waals surface area (Å²) >= 11 is 0. The monoisotopic (exact) mass is 487 g/mol. The number of guanidine groups is 1. The summed E-state index contributed by atoms with van der Waals surface area (Å²) in [6, 6.07) is 2.28. The summed E-state index contributed by atoms with van der Waals surface area (Å²) in [4.78, 5) is 8.21. The molecule has 0 bridgehead atoms. The third-order valence-corrected chi connectivity index (χ3v) is 3.64. The lowest BCUT2D eigenvalue weighted by atomic mass is 10.2. The number of nitrogens with one attached hydrogen (secondary N) is 3. The molecule has 0 radical (unpaired) electrons. The van der Waals surface area contributed by atoms with Crippen molar-refractivity contribution >= 4 is 35.8 Å². The highest BCUT2D eigenvalue weighted by atomic mass is 127. The van der Waals surface area contributed by atoms with Crippen LogP contribution in [0.1, 0.15) is 25.3 Å². The lowest BCUT2D eigenvalue weighted by Crippen LogP contribution is -2.40. The summed E-state index contributed by atoms with van der Waals surface area (Å²) in [6.45, 7) is 4.69. The molecule has 1 aliphatic rings. The van der Waals surface area contributed by atoms with E-state index in [1.807, 2.05) is 6.92 Å². The fourth-order valence-corrected chi connectivity index (χ4v) is 2.46. The van der Waals surface area contributed by atoms with Gasteiger partial charge in [0, 0.05) is 32.4 Å². The molecule has 26 heavy (non-hydrogen) atoms. The maximum atomic E-state index is 12.9. The van der Waals surface area contributed by atoms with E-state index in [1.54, 1.807) is 0 Å². The number of ether oxygens (including phenoxy) is 1. The number of anilines is 1. The Balaban J connectivity index is 0.00000338. The zero-order chi connectivity index (χ0) is 18.1. The first-order valence-corrected chi connectivity index (χ1v) is 8.40. The molecule has 0 aliphatic carbocycles. The normalized spacial score (nSPS) is 17.5. The highest BCUT2D eigenvalue weighted by molar-refractivity contribution is 14.0. The van der Waals surface area contributed by atoms with Crippen LogP contribution in [0.2, 0.25) is 0 Å². The topological polar surface area (TPSA) is 70.6 Å². The Kier molecular flexibility index (Phi) is 9.99. The molecule has 0 aromatic carbocycles. The van der Waals surface area contributed by atoms with Crippen LogP contribution >= 0.6 is 24.0 Å². The molecule has 0 amide bonds. The van der Waals surface area contributed by atoms with Gasteiger partial charge in [0.05, 0.1) is 18.2 Å². The standard InChI is InChI=1S/C16H24F3N5O.HI/c1-2-20-15(24-11-12-5-4-10-25-12)23-9-8-22-14-13(16(17,18)19)6-3-7-21-14;/h3,6-7,12H,2,4-5,8-11H2,1H3,(H,21,22)(H2,20,23,24);1H. The van der Waals surface area contributed by atoms with Crippen LogP contribution in [-0.2, 0) is 10.9 Å². The highest BCUT2D eigenvalue weighted by Crippen LogP contribution is 2.33. The predicted molar refractivity (Wildman–Crippen MR) is 106 cm³/mol. The Morgan fingerprint density at radius 2 is 2.15 bits per heavy atom. The first kappa shape index (κ1) is 22.7.